The highest BCUT2D eigenvalue weighted by molar-refractivity contribution is 4.96. The zero-order chi connectivity index (χ0) is 8.10. The van der Waals surface area contributed by atoms with Crippen LogP contribution < -0.4 is 5.73 Å². The summed E-state index contributed by atoms with van der Waals surface area (Å²) in [5.74, 6) is 1.22. The molecule has 1 rings (SSSR count). The molecule has 1 aliphatic rings. The smallest absolute Gasteiger partial charge is 0.0434 e. The molecule has 0 aromatic carbocycles. The van der Waals surface area contributed by atoms with E-state index in [0.717, 1.165) is 19.3 Å². The maximum Gasteiger partial charge on any atom is 0.0434 e. The quantitative estimate of drug-likeness (QED) is 0.593. The van der Waals surface area contributed by atoms with E-state index in [1.807, 2.05) is 0 Å². The summed E-state index contributed by atoms with van der Waals surface area (Å²) in [5, 5.41) is 8.75. The van der Waals surface area contributed by atoms with Gasteiger partial charge in [0, 0.05) is 6.61 Å². The third kappa shape index (κ3) is 2.31. The fraction of sp³-hybridized carbons (Fsp3) is 0.778. The van der Waals surface area contributed by atoms with Crippen molar-refractivity contribution in [3.8, 4) is 0 Å². The van der Waals surface area contributed by atoms with Gasteiger partial charge in [0.1, 0.15) is 0 Å². The van der Waals surface area contributed by atoms with E-state index in [2.05, 4.69) is 12.2 Å². The number of aliphatic hydroxyl groups excluding tert-OH is 1. The Labute approximate surface area is 68.1 Å². The van der Waals surface area contributed by atoms with E-state index < -0.39 is 0 Å². The van der Waals surface area contributed by atoms with Crippen LogP contribution in [0.5, 0.6) is 0 Å². The normalized spacial score (nSPS) is 20.9. The van der Waals surface area contributed by atoms with Crippen LogP contribution in [0.1, 0.15) is 19.3 Å². The van der Waals surface area contributed by atoms with Crippen LogP contribution in [0.15, 0.2) is 12.2 Å². The second-order valence-electron chi connectivity index (χ2n) is 3.21. The Morgan fingerprint density at radius 2 is 2.09 bits per heavy atom. The number of allylic oxidation sites excluding steroid dienone is 2. The minimum absolute atomic E-state index is 0.276. The van der Waals surface area contributed by atoms with Gasteiger partial charge >= 0.3 is 0 Å². The molecule has 0 saturated heterocycles. The molecule has 0 aromatic rings. The maximum absolute atomic E-state index is 8.75. The topological polar surface area (TPSA) is 46.2 Å². The molecule has 0 amide bonds. The van der Waals surface area contributed by atoms with Crippen LogP contribution in [0.3, 0.4) is 0 Å². The summed E-state index contributed by atoms with van der Waals surface area (Å²) in [5.41, 5.74) is 5.60. The lowest BCUT2D eigenvalue weighted by molar-refractivity contribution is 0.226. The Hall–Kier alpha value is -0.340. The predicted molar refractivity (Wildman–Crippen MR) is 46.1 cm³/mol. The summed E-state index contributed by atoms with van der Waals surface area (Å²) in [7, 11) is 0. The SMILES string of the molecule is NCC(CCO)C1CC=CC1. The number of hydrogen-bond acceptors (Lipinski definition) is 2. The largest absolute Gasteiger partial charge is 0.396 e. The van der Waals surface area contributed by atoms with Gasteiger partial charge in [0.15, 0.2) is 0 Å². The second-order valence-corrected chi connectivity index (χ2v) is 3.21. The number of rotatable bonds is 4. The number of aliphatic hydroxyl groups is 1. The molecule has 0 radical (unpaired) electrons. The van der Waals surface area contributed by atoms with Crippen molar-refractivity contribution in [2.75, 3.05) is 13.2 Å². The van der Waals surface area contributed by atoms with Gasteiger partial charge in [-0.2, -0.15) is 0 Å². The zero-order valence-corrected chi connectivity index (χ0v) is 6.87. The monoisotopic (exact) mass is 155 g/mol. The molecule has 0 bridgehead atoms. The third-order valence-electron chi connectivity index (χ3n) is 2.51. The first-order valence-electron chi connectivity index (χ1n) is 4.34. The van der Waals surface area contributed by atoms with Crippen molar-refractivity contribution in [1.82, 2.24) is 0 Å². The van der Waals surface area contributed by atoms with Gasteiger partial charge < -0.3 is 10.8 Å². The molecule has 1 atom stereocenters. The Bertz CT molecular complexity index is 126. The van der Waals surface area contributed by atoms with Crippen molar-refractivity contribution in [2.45, 2.75) is 19.3 Å². The van der Waals surface area contributed by atoms with E-state index in [4.69, 9.17) is 10.8 Å². The summed E-state index contributed by atoms with van der Waals surface area (Å²) < 4.78 is 0. The van der Waals surface area contributed by atoms with E-state index in [1.165, 1.54) is 0 Å². The molecular formula is C9H17NO. The fourth-order valence-electron chi connectivity index (χ4n) is 1.73. The molecule has 0 saturated carbocycles. The molecule has 11 heavy (non-hydrogen) atoms. The number of hydrogen-bond donors (Lipinski definition) is 2. The average Bonchev–Trinajstić information content (AvgIpc) is 2.52. The van der Waals surface area contributed by atoms with E-state index in [1.54, 1.807) is 0 Å². The van der Waals surface area contributed by atoms with Gasteiger partial charge in [-0.3, -0.25) is 0 Å². The van der Waals surface area contributed by atoms with Crippen molar-refractivity contribution in [1.29, 1.82) is 0 Å². The lowest BCUT2D eigenvalue weighted by Gasteiger charge is -2.20. The van der Waals surface area contributed by atoms with E-state index >= 15 is 0 Å². The summed E-state index contributed by atoms with van der Waals surface area (Å²) in [6.45, 7) is 0.991. The first-order valence-corrected chi connectivity index (χ1v) is 4.34. The van der Waals surface area contributed by atoms with Crippen LogP contribution in [0, 0.1) is 11.8 Å². The molecule has 2 nitrogen and oxygen atoms in total. The Morgan fingerprint density at radius 3 is 2.55 bits per heavy atom. The maximum atomic E-state index is 8.75. The van der Waals surface area contributed by atoms with Crippen molar-refractivity contribution >= 4 is 0 Å². The van der Waals surface area contributed by atoms with Crippen LogP contribution in [-0.4, -0.2) is 18.3 Å². The van der Waals surface area contributed by atoms with Crippen LogP contribution >= 0.6 is 0 Å². The molecule has 3 N–H and O–H groups in total. The van der Waals surface area contributed by atoms with E-state index in [9.17, 15) is 0 Å². The molecule has 0 spiro atoms. The molecule has 1 unspecified atom stereocenters. The van der Waals surface area contributed by atoms with Crippen LogP contribution in [0.25, 0.3) is 0 Å². The van der Waals surface area contributed by atoms with E-state index in [-0.39, 0.29) is 6.61 Å². The lowest BCUT2D eigenvalue weighted by Crippen LogP contribution is -2.22. The van der Waals surface area contributed by atoms with Gasteiger partial charge in [-0.05, 0) is 37.6 Å². The molecule has 0 aliphatic heterocycles. The van der Waals surface area contributed by atoms with Gasteiger partial charge in [0.25, 0.3) is 0 Å². The first kappa shape index (κ1) is 8.75. The van der Waals surface area contributed by atoms with Gasteiger partial charge in [-0.1, -0.05) is 12.2 Å². The molecular weight excluding hydrogens is 138 g/mol. The summed E-state index contributed by atoms with van der Waals surface area (Å²) in [6, 6.07) is 0. The zero-order valence-electron chi connectivity index (χ0n) is 6.87. The van der Waals surface area contributed by atoms with Gasteiger partial charge in [0.2, 0.25) is 0 Å². The first-order chi connectivity index (χ1) is 5.38. The Kier molecular flexibility index (Phi) is 3.60. The average molecular weight is 155 g/mol. The van der Waals surface area contributed by atoms with E-state index in [0.29, 0.717) is 18.4 Å². The molecule has 1 aliphatic carbocycles. The summed E-state index contributed by atoms with van der Waals surface area (Å²) >= 11 is 0. The predicted octanol–water partition coefficient (Wildman–Crippen LogP) is 0.910. The molecule has 0 aromatic heterocycles. The van der Waals surface area contributed by atoms with Crippen LogP contribution in [-0.2, 0) is 0 Å². The molecule has 0 heterocycles. The second kappa shape index (κ2) is 4.52. The van der Waals surface area contributed by atoms with Crippen molar-refractivity contribution in [2.24, 2.45) is 17.6 Å². The highest BCUT2D eigenvalue weighted by atomic mass is 16.3. The minimum atomic E-state index is 0.276. The highest BCUT2D eigenvalue weighted by Crippen LogP contribution is 2.27. The minimum Gasteiger partial charge on any atom is -0.396 e. The Balaban J connectivity index is 2.29. The molecule has 0 fully saturated rings. The van der Waals surface area contributed by atoms with Crippen LogP contribution in [0.2, 0.25) is 0 Å². The van der Waals surface area contributed by atoms with Gasteiger partial charge in [-0.25, -0.2) is 0 Å². The highest BCUT2D eigenvalue weighted by Gasteiger charge is 2.19. The van der Waals surface area contributed by atoms with Crippen molar-refractivity contribution in [3.63, 3.8) is 0 Å². The molecule has 2 heteroatoms. The van der Waals surface area contributed by atoms with Gasteiger partial charge in [-0.15, -0.1) is 0 Å². The standard InChI is InChI=1S/C9H17NO/c10-7-9(5-6-11)8-3-1-2-4-8/h1-2,8-9,11H,3-7,10H2. The van der Waals surface area contributed by atoms with Crippen molar-refractivity contribution in [3.05, 3.63) is 12.2 Å². The summed E-state index contributed by atoms with van der Waals surface area (Å²) in [6.07, 6.45) is 7.60. The van der Waals surface area contributed by atoms with Gasteiger partial charge in [0.05, 0.1) is 0 Å². The molecule has 64 valence electrons. The van der Waals surface area contributed by atoms with Crippen LogP contribution in [0.4, 0.5) is 0 Å². The summed E-state index contributed by atoms with van der Waals surface area (Å²) in [4.78, 5) is 0. The fourth-order valence-corrected chi connectivity index (χ4v) is 1.73. The lowest BCUT2D eigenvalue weighted by atomic mass is 9.88. The number of nitrogens with two attached hydrogens (primary N) is 1. The third-order valence-corrected chi connectivity index (χ3v) is 2.51. The van der Waals surface area contributed by atoms with Crippen molar-refractivity contribution < 1.29 is 5.11 Å². The Morgan fingerprint density at radius 1 is 1.45 bits per heavy atom.